The molecule has 114 valence electrons. The molecule has 1 aromatic rings. The van der Waals surface area contributed by atoms with E-state index in [1.807, 2.05) is 0 Å². The van der Waals surface area contributed by atoms with Crippen molar-refractivity contribution >= 4 is 23.3 Å². The fourth-order valence-corrected chi connectivity index (χ4v) is 1.60. The minimum absolute atomic E-state index is 0.00662. The second-order valence-corrected chi connectivity index (χ2v) is 4.43. The normalized spacial score (nSPS) is 11.6. The molecule has 1 unspecified atom stereocenters. The van der Waals surface area contributed by atoms with E-state index in [1.165, 1.54) is 12.1 Å². The molecule has 0 saturated heterocycles. The van der Waals surface area contributed by atoms with Crippen molar-refractivity contribution in [2.24, 2.45) is 5.73 Å². The van der Waals surface area contributed by atoms with Crippen molar-refractivity contribution in [1.82, 2.24) is 0 Å². The van der Waals surface area contributed by atoms with E-state index >= 15 is 0 Å². The number of rotatable bonds is 5. The zero-order valence-corrected chi connectivity index (χ0v) is 12.0. The third-order valence-corrected chi connectivity index (χ3v) is 2.89. The molecule has 0 aliphatic heterocycles. The lowest BCUT2D eigenvalue weighted by Crippen LogP contribution is -2.43. The molecule has 0 spiro atoms. The van der Waals surface area contributed by atoms with E-state index in [9.17, 15) is 19.7 Å². The average Bonchev–Trinajstić information content (AvgIpc) is 2.41. The van der Waals surface area contributed by atoms with Crippen molar-refractivity contribution in [1.29, 1.82) is 0 Å². The third-order valence-electron chi connectivity index (χ3n) is 2.89. The van der Waals surface area contributed by atoms with Crippen LogP contribution in [0.2, 0.25) is 0 Å². The number of aryl methyl sites for hydroxylation is 2. The summed E-state index contributed by atoms with van der Waals surface area (Å²) in [7, 11) is 0. The first-order valence-corrected chi connectivity index (χ1v) is 6.26. The van der Waals surface area contributed by atoms with Gasteiger partial charge in [-0.1, -0.05) is 0 Å². The standard InChI is InChI=1S/C13H17N3O5/c1-4-21-13(18)11(14)12(17)15-9-5-7(2)8(3)6-10(9)16(19)20/h5-6,11H,4,14H2,1-3H3,(H,15,17). The molecule has 0 aliphatic carbocycles. The summed E-state index contributed by atoms with van der Waals surface area (Å²) in [4.78, 5) is 33.6. The molecular formula is C13H17N3O5. The molecule has 8 heteroatoms. The van der Waals surface area contributed by atoms with Crippen LogP contribution in [-0.4, -0.2) is 29.4 Å². The molecular weight excluding hydrogens is 278 g/mol. The van der Waals surface area contributed by atoms with Crippen molar-refractivity contribution in [3.8, 4) is 0 Å². The molecule has 1 amide bonds. The molecule has 3 N–H and O–H groups in total. The predicted octanol–water partition coefficient (Wildman–Crippen LogP) is 1.04. The number of hydrogen-bond donors (Lipinski definition) is 2. The monoisotopic (exact) mass is 295 g/mol. The number of nitrogens with zero attached hydrogens (tertiary/aromatic N) is 1. The van der Waals surface area contributed by atoms with Gasteiger partial charge in [0.1, 0.15) is 5.69 Å². The largest absolute Gasteiger partial charge is 0.464 e. The topological polar surface area (TPSA) is 125 Å². The molecule has 21 heavy (non-hydrogen) atoms. The van der Waals surface area contributed by atoms with Crippen LogP contribution in [0.25, 0.3) is 0 Å². The third kappa shape index (κ3) is 3.99. The highest BCUT2D eigenvalue weighted by molar-refractivity contribution is 6.08. The summed E-state index contributed by atoms with van der Waals surface area (Å²) in [5.74, 6) is -1.75. The Balaban J connectivity index is 3.02. The van der Waals surface area contributed by atoms with Crippen LogP contribution in [-0.2, 0) is 14.3 Å². The van der Waals surface area contributed by atoms with Gasteiger partial charge in [0.25, 0.3) is 11.6 Å². The van der Waals surface area contributed by atoms with Crippen molar-refractivity contribution in [2.45, 2.75) is 26.8 Å². The zero-order chi connectivity index (χ0) is 16.2. The Hall–Kier alpha value is -2.48. The molecule has 0 fully saturated rings. The molecule has 0 bridgehead atoms. The quantitative estimate of drug-likeness (QED) is 0.362. The van der Waals surface area contributed by atoms with Crippen molar-refractivity contribution in [3.05, 3.63) is 33.4 Å². The maximum atomic E-state index is 11.8. The number of amides is 1. The number of nitro groups is 1. The van der Waals surface area contributed by atoms with Crippen LogP contribution < -0.4 is 11.1 Å². The highest BCUT2D eigenvalue weighted by Gasteiger charge is 2.26. The van der Waals surface area contributed by atoms with Gasteiger partial charge in [0.15, 0.2) is 6.04 Å². The SMILES string of the molecule is CCOC(=O)C(N)C(=O)Nc1cc(C)c(C)cc1[N+](=O)[O-]. The number of carbonyl (C=O) groups is 2. The van der Waals surface area contributed by atoms with Gasteiger partial charge >= 0.3 is 5.97 Å². The smallest absolute Gasteiger partial charge is 0.332 e. The van der Waals surface area contributed by atoms with Gasteiger partial charge in [0.2, 0.25) is 0 Å². The van der Waals surface area contributed by atoms with Crippen molar-refractivity contribution in [3.63, 3.8) is 0 Å². The van der Waals surface area contributed by atoms with Gasteiger partial charge < -0.3 is 15.8 Å². The number of anilines is 1. The Morgan fingerprint density at radius 1 is 1.38 bits per heavy atom. The summed E-state index contributed by atoms with van der Waals surface area (Å²) in [6, 6.07) is 1.27. The molecule has 0 aromatic heterocycles. The lowest BCUT2D eigenvalue weighted by Gasteiger charge is -2.12. The first-order valence-electron chi connectivity index (χ1n) is 6.26. The summed E-state index contributed by atoms with van der Waals surface area (Å²) in [6.07, 6.45) is 0. The number of esters is 1. The predicted molar refractivity (Wildman–Crippen MR) is 75.8 cm³/mol. The zero-order valence-electron chi connectivity index (χ0n) is 12.0. The molecule has 0 radical (unpaired) electrons. The maximum Gasteiger partial charge on any atom is 0.332 e. The van der Waals surface area contributed by atoms with Gasteiger partial charge in [-0.2, -0.15) is 0 Å². The summed E-state index contributed by atoms with van der Waals surface area (Å²) in [5.41, 5.74) is 6.65. The van der Waals surface area contributed by atoms with Crippen LogP contribution >= 0.6 is 0 Å². The molecule has 8 nitrogen and oxygen atoms in total. The summed E-state index contributed by atoms with van der Waals surface area (Å²) in [6.45, 7) is 5.14. The Kier molecular flexibility index (Phi) is 5.37. The van der Waals surface area contributed by atoms with E-state index in [2.05, 4.69) is 10.1 Å². The highest BCUT2D eigenvalue weighted by atomic mass is 16.6. The lowest BCUT2D eigenvalue weighted by molar-refractivity contribution is -0.384. The van der Waals surface area contributed by atoms with Gasteiger partial charge in [-0.05, 0) is 38.0 Å². The number of benzene rings is 1. The second kappa shape index (κ2) is 6.80. The van der Waals surface area contributed by atoms with E-state index in [-0.39, 0.29) is 18.0 Å². The highest BCUT2D eigenvalue weighted by Crippen LogP contribution is 2.27. The maximum absolute atomic E-state index is 11.8. The van der Waals surface area contributed by atoms with Gasteiger partial charge in [-0.25, -0.2) is 4.79 Å². The van der Waals surface area contributed by atoms with Crippen LogP contribution in [0, 0.1) is 24.0 Å². The minimum atomic E-state index is -1.54. The Morgan fingerprint density at radius 2 is 1.95 bits per heavy atom. The van der Waals surface area contributed by atoms with Gasteiger partial charge in [0.05, 0.1) is 11.5 Å². The fraction of sp³-hybridized carbons (Fsp3) is 0.385. The summed E-state index contributed by atoms with van der Waals surface area (Å²) in [5, 5.41) is 13.3. The minimum Gasteiger partial charge on any atom is -0.464 e. The summed E-state index contributed by atoms with van der Waals surface area (Å²) < 4.78 is 4.62. The lowest BCUT2D eigenvalue weighted by atomic mass is 10.1. The van der Waals surface area contributed by atoms with E-state index in [0.29, 0.717) is 0 Å². The van der Waals surface area contributed by atoms with Gasteiger partial charge in [-0.15, -0.1) is 0 Å². The second-order valence-electron chi connectivity index (χ2n) is 4.43. The van der Waals surface area contributed by atoms with Gasteiger partial charge in [0, 0.05) is 6.07 Å². The van der Waals surface area contributed by atoms with Crippen LogP contribution in [0.1, 0.15) is 18.1 Å². The van der Waals surface area contributed by atoms with E-state index < -0.39 is 22.8 Å². The average molecular weight is 295 g/mol. The first kappa shape index (κ1) is 16.6. The Labute approximate surface area is 121 Å². The molecule has 0 saturated carbocycles. The molecule has 0 heterocycles. The number of carbonyl (C=O) groups excluding carboxylic acids is 2. The number of ether oxygens (including phenoxy) is 1. The van der Waals surface area contributed by atoms with Gasteiger partial charge in [-0.3, -0.25) is 14.9 Å². The molecule has 0 aliphatic rings. The van der Waals surface area contributed by atoms with E-state index in [1.54, 1.807) is 20.8 Å². The van der Waals surface area contributed by atoms with E-state index in [4.69, 9.17) is 5.73 Å². The number of nitro benzene ring substituents is 1. The van der Waals surface area contributed by atoms with Crippen molar-refractivity contribution < 1.29 is 19.2 Å². The van der Waals surface area contributed by atoms with Crippen LogP contribution in [0.15, 0.2) is 12.1 Å². The number of nitrogens with two attached hydrogens (primary N) is 1. The molecule has 1 aromatic carbocycles. The number of nitrogens with one attached hydrogen (secondary N) is 1. The Bertz CT molecular complexity index is 585. The Morgan fingerprint density at radius 3 is 2.48 bits per heavy atom. The number of hydrogen-bond acceptors (Lipinski definition) is 6. The first-order chi connectivity index (χ1) is 9.77. The van der Waals surface area contributed by atoms with Crippen molar-refractivity contribution in [2.75, 3.05) is 11.9 Å². The fourth-order valence-electron chi connectivity index (χ4n) is 1.60. The molecule has 1 rings (SSSR count). The van der Waals surface area contributed by atoms with Crippen LogP contribution in [0.5, 0.6) is 0 Å². The molecule has 1 atom stereocenters. The van der Waals surface area contributed by atoms with Crippen LogP contribution in [0.3, 0.4) is 0 Å². The van der Waals surface area contributed by atoms with E-state index in [0.717, 1.165) is 11.1 Å². The van der Waals surface area contributed by atoms with Crippen LogP contribution in [0.4, 0.5) is 11.4 Å². The summed E-state index contributed by atoms with van der Waals surface area (Å²) >= 11 is 0.